The molecule has 0 fully saturated rings. The van der Waals surface area contributed by atoms with E-state index >= 15 is 0 Å². The first-order valence-corrected chi connectivity index (χ1v) is 12.5. The lowest BCUT2D eigenvalue weighted by atomic mass is 9.85. The Balaban J connectivity index is 1.56. The fourth-order valence-corrected chi connectivity index (χ4v) is 5.91. The Morgan fingerprint density at radius 1 is 0.806 bits per heavy atom. The number of fused-ring (bicyclic) bond motifs is 7. The molecule has 0 saturated carbocycles. The lowest BCUT2D eigenvalue weighted by molar-refractivity contribution is 0.590. The number of para-hydroxylation sites is 1. The number of aromatic amines is 1. The molecule has 36 heavy (non-hydrogen) atoms. The fraction of sp³-hybridized carbons (Fsp3) is 0.152. The number of anilines is 1. The number of aromatic nitrogens is 1. The van der Waals surface area contributed by atoms with Gasteiger partial charge in [0.1, 0.15) is 5.82 Å². The standard InChI is InChI=1S/C33H27FN2/c1-33(2,3)22-14-11-20(12-15-22)30-17-21-13-16-23(34)18-26(21)32-27-19-35-28-9-6-8-25(31(27)28)24-7-4-5-10-29(24)36(30)32/h4-19,32,35H,1-3H3. The number of hydrogen-bond donors (Lipinski definition) is 1. The number of hydrogen-bond acceptors (Lipinski definition) is 1. The first-order chi connectivity index (χ1) is 17.4. The topological polar surface area (TPSA) is 19.0 Å². The third kappa shape index (κ3) is 3.02. The summed E-state index contributed by atoms with van der Waals surface area (Å²) in [5, 5.41) is 1.21. The summed E-state index contributed by atoms with van der Waals surface area (Å²) in [6.07, 6.45) is 4.33. The van der Waals surface area contributed by atoms with E-state index in [9.17, 15) is 4.39 Å². The zero-order valence-corrected chi connectivity index (χ0v) is 20.6. The van der Waals surface area contributed by atoms with Crippen LogP contribution in [0.15, 0.2) is 91.1 Å². The van der Waals surface area contributed by atoms with Gasteiger partial charge in [0, 0.05) is 39.6 Å². The van der Waals surface area contributed by atoms with Crippen molar-refractivity contribution in [1.82, 2.24) is 4.98 Å². The van der Waals surface area contributed by atoms with E-state index in [2.05, 4.69) is 110 Å². The maximum Gasteiger partial charge on any atom is 0.123 e. The van der Waals surface area contributed by atoms with Crippen LogP contribution in [0.3, 0.4) is 0 Å². The van der Waals surface area contributed by atoms with Crippen molar-refractivity contribution in [3.63, 3.8) is 0 Å². The summed E-state index contributed by atoms with van der Waals surface area (Å²) in [5.41, 5.74) is 11.5. The Kier molecular flexibility index (Phi) is 4.38. The van der Waals surface area contributed by atoms with Gasteiger partial charge in [-0.3, -0.25) is 0 Å². The Morgan fingerprint density at radius 3 is 2.39 bits per heavy atom. The van der Waals surface area contributed by atoms with Crippen LogP contribution in [0, 0.1) is 5.82 Å². The van der Waals surface area contributed by atoms with Gasteiger partial charge < -0.3 is 9.88 Å². The number of rotatable bonds is 1. The molecule has 1 unspecified atom stereocenters. The van der Waals surface area contributed by atoms with Crippen LogP contribution in [0.4, 0.5) is 10.1 Å². The van der Waals surface area contributed by atoms with Crippen LogP contribution in [0.25, 0.3) is 33.8 Å². The Bertz CT molecular complexity index is 1680. The second-order valence-electron chi connectivity index (χ2n) is 10.9. The van der Waals surface area contributed by atoms with Gasteiger partial charge in [0.15, 0.2) is 0 Å². The van der Waals surface area contributed by atoms with Crippen LogP contribution in [0.5, 0.6) is 0 Å². The molecule has 2 aliphatic rings. The molecule has 0 spiro atoms. The van der Waals surface area contributed by atoms with Crippen LogP contribution in [0.1, 0.15) is 54.6 Å². The first kappa shape index (κ1) is 21.2. The lowest BCUT2D eigenvalue weighted by Gasteiger charge is -2.40. The molecule has 1 atom stereocenters. The van der Waals surface area contributed by atoms with Crippen LogP contribution in [-0.2, 0) is 5.41 Å². The third-order valence-electron chi connectivity index (χ3n) is 7.68. The SMILES string of the molecule is CC(C)(C)c1ccc(C2=Cc3ccc(F)cc3C3c4c[nH]c5cccc(c45)-c4ccccc4N23)cc1. The third-order valence-corrected chi connectivity index (χ3v) is 7.68. The molecular formula is C33H27FN2. The van der Waals surface area contributed by atoms with Crippen LogP contribution in [0.2, 0.25) is 0 Å². The summed E-state index contributed by atoms with van der Waals surface area (Å²) in [6.45, 7) is 6.71. The Morgan fingerprint density at radius 2 is 1.58 bits per heavy atom. The van der Waals surface area contributed by atoms with Crippen molar-refractivity contribution in [2.24, 2.45) is 0 Å². The molecule has 0 saturated heterocycles. The van der Waals surface area contributed by atoms with Crippen LogP contribution < -0.4 is 4.90 Å². The molecule has 3 heterocycles. The largest absolute Gasteiger partial charge is 0.361 e. The molecule has 7 rings (SSSR count). The molecule has 0 aliphatic carbocycles. The van der Waals surface area contributed by atoms with E-state index in [0.717, 1.165) is 33.6 Å². The smallest absolute Gasteiger partial charge is 0.123 e. The molecule has 0 bridgehead atoms. The predicted octanol–water partition coefficient (Wildman–Crippen LogP) is 8.69. The summed E-state index contributed by atoms with van der Waals surface area (Å²) < 4.78 is 14.7. The number of nitrogens with zero attached hydrogens (tertiary/aromatic N) is 1. The number of H-pyrrole nitrogens is 1. The van der Waals surface area contributed by atoms with Crippen molar-refractivity contribution in [3.05, 3.63) is 125 Å². The maximum atomic E-state index is 14.7. The average molecular weight is 471 g/mol. The highest BCUT2D eigenvalue weighted by atomic mass is 19.1. The van der Waals surface area contributed by atoms with Gasteiger partial charge in [0.2, 0.25) is 0 Å². The normalized spacial score (nSPS) is 16.2. The molecule has 1 N–H and O–H groups in total. The van der Waals surface area contributed by atoms with E-state index in [1.807, 2.05) is 6.07 Å². The highest BCUT2D eigenvalue weighted by molar-refractivity contribution is 6.07. The van der Waals surface area contributed by atoms with Gasteiger partial charge in [-0.05, 0) is 63.6 Å². The van der Waals surface area contributed by atoms with Crippen LogP contribution >= 0.6 is 0 Å². The predicted molar refractivity (Wildman–Crippen MR) is 147 cm³/mol. The minimum absolute atomic E-state index is 0.0831. The zero-order chi connectivity index (χ0) is 24.6. The zero-order valence-electron chi connectivity index (χ0n) is 20.6. The maximum absolute atomic E-state index is 14.7. The summed E-state index contributed by atoms with van der Waals surface area (Å²) >= 11 is 0. The van der Waals surface area contributed by atoms with Crippen molar-refractivity contribution >= 4 is 28.4 Å². The quantitative estimate of drug-likeness (QED) is 0.260. The van der Waals surface area contributed by atoms with Gasteiger partial charge in [0.05, 0.1) is 6.04 Å². The molecular weight excluding hydrogens is 443 g/mol. The monoisotopic (exact) mass is 470 g/mol. The number of nitrogens with one attached hydrogen (secondary N) is 1. The molecule has 5 aromatic rings. The van der Waals surface area contributed by atoms with Crippen molar-refractivity contribution < 1.29 is 4.39 Å². The molecule has 2 aliphatic heterocycles. The average Bonchev–Trinajstić information content (AvgIpc) is 3.26. The number of halogens is 1. The summed E-state index contributed by atoms with van der Waals surface area (Å²) in [4.78, 5) is 5.90. The van der Waals surface area contributed by atoms with Crippen molar-refractivity contribution in [2.45, 2.75) is 32.2 Å². The molecule has 3 heteroatoms. The Labute approximate surface area is 210 Å². The van der Waals surface area contributed by atoms with E-state index in [0.29, 0.717) is 0 Å². The minimum Gasteiger partial charge on any atom is -0.361 e. The van der Waals surface area contributed by atoms with Crippen molar-refractivity contribution in [2.75, 3.05) is 4.90 Å². The first-order valence-electron chi connectivity index (χ1n) is 12.5. The van der Waals surface area contributed by atoms with E-state index in [-0.39, 0.29) is 17.3 Å². The van der Waals surface area contributed by atoms with Gasteiger partial charge in [-0.25, -0.2) is 4.39 Å². The van der Waals surface area contributed by atoms with E-state index < -0.39 is 0 Å². The minimum atomic E-state index is -0.210. The molecule has 176 valence electrons. The highest BCUT2D eigenvalue weighted by Gasteiger charge is 2.37. The summed E-state index contributed by atoms with van der Waals surface area (Å²) in [5.74, 6) is -0.210. The summed E-state index contributed by atoms with van der Waals surface area (Å²) in [6, 6.07) is 29.0. The Hall–Kier alpha value is -4.11. The van der Waals surface area contributed by atoms with Crippen molar-refractivity contribution in [3.8, 4) is 11.1 Å². The molecule has 4 aromatic carbocycles. The lowest BCUT2D eigenvalue weighted by Crippen LogP contribution is -2.31. The molecule has 2 nitrogen and oxygen atoms in total. The van der Waals surface area contributed by atoms with Crippen molar-refractivity contribution in [1.29, 1.82) is 0 Å². The van der Waals surface area contributed by atoms with Gasteiger partial charge in [-0.15, -0.1) is 0 Å². The van der Waals surface area contributed by atoms with E-state index in [1.165, 1.54) is 27.6 Å². The van der Waals surface area contributed by atoms with Gasteiger partial charge in [-0.1, -0.05) is 81.4 Å². The van der Waals surface area contributed by atoms with Gasteiger partial charge in [-0.2, -0.15) is 0 Å². The second-order valence-corrected chi connectivity index (χ2v) is 10.9. The van der Waals surface area contributed by atoms with E-state index in [1.54, 1.807) is 12.1 Å². The number of benzene rings is 4. The summed E-state index contributed by atoms with van der Waals surface area (Å²) in [7, 11) is 0. The molecule has 0 radical (unpaired) electrons. The van der Waals surface area contributed by atoms with Gasteiger partial charge in [0.25, 0.3) is 0 Å². The molecule has 1 aromatic heterocycles. The molecule has 0 amide bonds. The van der Waals surface area contributed by atoms with E-state index in [4.69, 9.17) is 0 Å². The highest BCUT2D eigenvalue weighted by Crippen LogP contribution is 2.53. The second kappa shape index (κ2) is 7.44. The fourth-order valence-electron chi connectivity index (χ4n) is 5.91. The van der Waals surface area contributed by atoms with Crippen LogP contribution in [-0.4, -0.2) is 4.98 Å². The van der Waals surface area contributed by atoms with Gasteiger partial charge >= 0.3 is 0 Å².